The van der Waals surface area contributed by atoms with E-state index in [2.05, 4.69) is 4.98 Å². The van der Waals surface area contributed by atoms with Crippen molar-refractivity contribution < 1.29 is 22.7 Å². The van der Waals surface area contributed by atoms with E-state index in [0.717, 1.165) is 6.26 Å². The zero-order valence-electron chi connectivity index (χ0n) is 12.5. The highest BCUT2D eigenvalue weighted by molar-refractivity contribution is 7.90. The van der Waals surface area contributed by atoms with E-state index in [0.29, 0.717) is 37.2 Å². The summed E-state index contributed by atoms with van der Waals surface area (Å²) in [5.74, 6) is -1.17. The van der Waals surface area contributed by atoms with Crippen molar-refractivity contribution in [2.24, 2.45) is 0 Å². The van der Waals surface area contributed by atoms with E-state index in [1.165, 1.54) is 23.2 Å². The number of nitrogens with one attached hydrogen (secondary N) is 1. The molecular formula is C15H16N2O5S. The molecule has 1 N–H and O–H groups in total. The number of H-pyrrole nitrogens is 1. The number of Topliss-reactive ketones (excluding diaryl/α,β-unsaturated/α-hetero) is 1. The normalized spacial score (nSPS) is 15.8. The predicted octanol–water partition coefficient (Wildman–Crippen LogP) is 0.613. The van der Waals surface area contributed by atoms with Crippen LogP contribution in [0.5, 0.6) is 0 Å². The van der Waals surface area contributed by atoms with Crippen LogP contribution in [0.3, 0.4) is 0 Å². The van der Waals surface area contributed by atoms with E-state index in [-0.39, 0.29) is 10.5 Å². The highest BCUT2D eigenvalue weighted by Gasteiger charge is 2.26. The number of ketones is 1. The van der Waals surface area contributed by atoms with Crippen LogP contribution in [0.25, 0.3) is 10.9 Å². The number of carbonyl (C=O) groups excluding carboxylic acids is 2. The number of hydrogen-bond donors (Lipinski definition) is 1. The first kappa shape index (κ1) is 15.7. The number of nitrogens with zero attached hydrogens (tertiary/aromatic N) is 1. The van der Waals surface area contributed by atoms with Gasteiger partial charge in [0.25, 0.3) is 11.7 Å². The molecule has 0 atom stereocenters. The second-order valence-electron chi connectivity index (χ2n) is 5.42. The SMILES string of the molecule is CS(=O)(=O)c1ccc2c(C(=O)C(=O)N3CCOCC3)c[nH]c2c1. The molecule has 1 aliphatic heterocycles. The monoisotopic (exact) mass is 336 g/mol. The third kappa shape index (κ3) is 2.99. The molecule has 0 spiro atoms. The molecular weight excluding hydrogens is 320 g/mol. The highest BCUT2D eigenvalue weighted by atomic mass is 32.2. The first-order valence-corrected chi connectivity index (χ1v) is 8.99. The number of morpholine rings is 1. The molecule has 1 saturated heterocycles. The maximum atomic E-state index is 12.4. The van der Waals surface area contributed by atoms with Crippen LogP contribution in [0.4, 0.5) is 0 Å². The second kappa shape index (κ2) is 5.78. The van der Waals surface area contributed by atoms with Gasteiger partial charge in [-0.1, -0.05) is 6.07 Å². The lowest BCUT2D eigenvalue weighted by Crippen LogP contribution is -2.44. The smallest absolute Gasteiger partial charge is 0.295 e. The van der Waals surface area contributed by atoms with E-state index >= 15 is 0 Å². The molecule has 2 heterocycles. The number of fused-ring (bicyclic) bond motifs is 1. The van der Waals surface area contributed by atoms with E-state index < -0.39 is 21.5 Å². The molecule has 0 radical (unpaired) electrons. The van der Waals surface area contributed by atoms with Crippen molar-refractivity contribution in [3.8, 4) is 0 Å². The van der Waals surface area contributed by atoms with Crippen molar-refractivity contribution in [2.45, 2.75) is 4.90 Å². The van der Waals surface area contributed by atoms with Gasteiger partial charge < -0.3 is 14.6 Å². The molecule has 7 nitrogen and oxygen atoms in total. The topological polar surface area (TPSA) is 96.5 Å². The van der Waals surface area contributed by atoms with Crippen LogP contribution in [0.15, 0.2) is 29.3 Å². The molecule has 1 amide bonds. The van der Waals surface area contributed by atoms with E-state index in [1.807, 2.05) is 0 Å². The zero-order valence-corrected chi connectivity index (χ0v) is 13.4. The van der Waals surface area contributed by atoms with Gasteiger partial charge in [-0.15, -0.1) is 0 Å². The molecule has 0 saturated carbocycles. The van der Waals surface area contributed by atoms with Crippen LogP contribution >= 0.6 is 0 Å². The Morgan fingerprint density at radius 3 is 2.57 bits per heavy atom. The summed E-state index contributed by atoms with van der Waals surface area (Å²) in [7, 11) is -3.33. The third-order valence-corrected chi connectivity index (χ3v) is 4.93. The van der Waals surface area contributed by atoms with Crippen LogP contribution in [0.2, 0.25) is 0 Å². The lowest BCUT2D eigenvalue weighted by atomic mass is 10.1. The number of carbonyl (C=O) groups is 2. The lowest BCUT2D eigenvalue weighted by molar-refractivity contribution is -0.130. The van der Waals surface area contributed by atoms with Gasteiger partial charge in [-0.05, 0) is 12.1 Å². The first-order valence-electron chi connectivity index (χ1n) is 7.10. The number of sulfone groups is 1. The molecule has 1 aromatic heterocycles. The second-order valence-corrected chi connectivity index (χ2v) is 7.43. The minimum Gasteiger partial charge on any atom is -0.378 e. The summed E-state index contributed by atoms with van der Waals surface area (Å²) in [6.45, 7) is 1.63. The Morgan fingerprint density at radius 1 is 1.22 bits per heavy atom. The van der Waals surface area contributed by atoms with Crippen LogP contribution in [-0.2, 0) is 19.4 Å². The van der Waals surface area contributed by atoms with E-state index in [9.17, 15) is 18.0 Å². The summed E-state index contributed by atoms with van der Waals surface area (Å²) in [6, 6.07) is 4.43. The van der Waals surface area contributed by atoms with Crippen molar-refractivity contribution in [1.29, 1.82) is 0 Å². The fourth-order valence-electron chi connectivity index (χ4n) is 2.55. The van der Waals surface area contributed by atoms with Gasteiger partial charge in [0.05, 0.1) is 23.7 Å². The summed E-state index contributed by atoms with van der Waals surface area (Å²) in [4.78, 5) is 29.2. The largest absolute Gasteiger partial charge is 0.378 e. The fraction of sp³-hybridized carbons (Fsp3) is 0.333. The Morgan fingerprint density at radius 2 is 1.91 bits per heavy atom. The van der Waals surface area contributed by atoms with Crippen LogP contribution in [-0.4, -0.2) is 62.6 Å². The van der Waals surface area contributed by atoms with Gasteiger partial charge >= 0.3 is 0 Å². The molecule has 3 rings (SSSR count). The average Bonchev–Trinajstić information content (AvgIpc) is 2.96. The van der Waals surface area contributed by atoms with Gasteiger partial charge in [-0.2, -0.15) is 0 Å². The maximum Gasteiger partial charge on any atom is 0.295 e. The third-order valence-electron chi connectivity index (χ3n) is 3.82. The number of ether oxygens (including phenoxy) is 1. The van der Waals surface area contributed by atoms with Crippen molar-refractivity contribution in [3.63, 3.8) is 0 Å². The summed E-state index contributed by atoms with van der Waals surface area (Å²) < 4.78 is 28.3. The van der Waals surface area contributed by atoms with Gasteiger partial charge in [0.1, 0.15) is 0 Å². The van der Waals surface area contributed by atoms with Gasteiger partial charge in [0, 0.05) is 36.4 Å². The summed E-state index contributed by atoms with van der Waals surface area (Å²) in [5.41, 5.74) is 0.752. The Balaban J connectivity index is 1.93. The number of rotatable bonds is 3. The average molecular weight is 336 g/mol. The van der Waals surface area contributed by atoms with Crippen LogP contribution in [0.1, 0.15) is 10.4 Å². The quantitative estimate of drug-likeness (QED) is 0.654. The van der Waals surface area contributed by atoms with Gasteiger partial charge in [-0.25, -0.2) is 8.42 Å². The Hall–Kier alpha value is -2.19. The minimum absolute atomic E-state index is 0.158. The molecule has 8 heteroatoms. The number of hydrogen-bond acceptors (Lipinski definition) is 5. The van der Waals surface area contributed by atoms with Crippen LogP contribution < -0.4 is 0 Å². The number of aromatic amines is 1. The molecule has 0 unspecified atom stereocenters. The molecule has 23 heavy (non-hydrogen) atoms. The summed E-state index contributed by atoms with van der Waals surface area (Å²) >= 11 is 0. The van der Waals surface area contributed by atoms with Crippen LogP contribution in [0, 0.1) is 0 Å². The Labute approximate surface area is 133 Å². The summed E-state index contributed by atoms with van der Waals surface area (Å²) in [6.07, 6.45) is 2.56. The molecule has 122 valence electrons. The number of aromatic nitrogens is 1. The van der Waals surface area contributed by atoms with Gasteiger partial charge in [0.2, 0.25) is 0 Å². The maximum absolute atomic E-state index is 12.4. The van der Waals surface area contributed by atoms with Crippen molar-refractivity contribution in [1.82, 2.24) is 9.88 Å². The van der Waals surface area contributed by atoms with Gasteiger partial charge in [0.15, 0.2) is 9.84 Å². The molecule has 1 aromatic carbocycles. The van der Waals surface area contributed by atoms with Crippen molar-refractivity contribution in [3.05, 3.63) is 30.0 Å². The number of amides is 1. The fourth-order valence-corrected chi connectivity index (χ4v) is 3.20. The molecule has 2 aromatic rings. The van der Waals surface area contributed by atoms with E-state index in [4.69, 9.17) is 4.74 Å². The first-order chi connectivity index (χ1) is 10.9. The minimum atomic E-state index is -3.33. The zero-order chi connectivity index (χ0) is 16.6. The molecule has 0 aliphatic carbocycles. The van der Waals surface area contributed by atoms with Crippen molar-refractivity contribution in [2.75, 3.05) is 32.6 Å². The molecule has 1 aliphatic rings. The predicted molar refractivity (Wildman–Crippen MR) is 83.1 cm³/mol. The number of benzene rings is 1. The molecule has 1 fully saturated rings. The molecule has 0 bridgehead atoms. The Kier molecular flexibility index (Phi) is 3.95. The highest BCUT2D eigenvalue weighted by Crippen LogP contribution is 2.23. The lowest BCUT2D eigenvalue weighted by Gasteiger charge is -2.25. The summed E-state index contributed by atoms with van der Waals surface area (Å²) in [5, 5.41) is 0.531. The van der Waals surface area contributed by atoms with Gasteiger partial charge in [-0.3, -0.25) is 9.59 Å². The Bertz CT molecular complexity index is 878. The van der Waals surface area contributed by atoms with Crippen molar-refractivity contribution >= 4 is 32.4 Å². The standard InChI is InChI=1S/C15H16N2O5S/c1-23(20,21)10-2-3-11-12(9-16-13(11)8-10)14(18)15(19)17-4-6-22-7-5-17/h2-3,8-9,16H,4-7H2,1H3. The van der Waals surface area contributed by atoms with E-state index in [1.54, 1.807) is 6.07 Å².